The molecule has 0 fully saturated rings. The number of aromatic nitrogens is 2. The molecule has 0 aliphatic carbocycles. The summed E-state index contributed by atoms with van der Waals surface area (Å²) in [6.07, 6.45) is 2.44. The van der Waals surface area contributed by atoms with Crippen LogP contribution in [0.2, 0.25) is 0 Å². The summed E-state index contributed by atoms with van der Waals surface area (Å²) in [4.78, 5) is 15.4. The van der Waals surface area contributed by atoms with Crippen LogP contribution in [0.5, 0.6) is 0 Å². The fourth-order valence-electron chi connectivity index (χ4n) is 2.29. The number of carbonyl (C=O) groups is 1. The first kappa shape index (κ1) is 16.2. The number of aryl methyl sites for hydroxylation is 1. The van der Waals surface area contributed by atoms with Crippen molar-refractivity contribution in [3.05, 3.63) is 48.0 Å². The number of imidazole rings is 1. The average molecular weight is 322 g/mol. The Labute approximate surface area is 129 Å². The number of carboxylic acid groups (broad SMARTS) is 1. The Morgan fingerprint density at radius 2 is 1.82 bits per heavy atom. The second-order valence-corrected chi connectivity index (χ2v) is 7.31. The number of hydrogen-bond donors (Lipinski definition) is 1. The van der Waals surface area contributed by atoms with Crippen LogP contribution in [0.4, 0.5) is 0 Å². The number of hydrogen-bond acceptors (Lipinski definition) is 4. The molecule has 1 N–H and O–H groups in total. The predicted molar refractivity (Wildman–Crippen MR) is 81.2 cm³/mol. The van der Waals surface area contributed by atoms with Crippen LogP contribution in [0, 0.1) is 12.8 Å². The van der Waals surface area contributed by atoms with E-state index in [2.05, 4.69) is 4.98 Å². The van der Waals surface area contributed by atoms with Crippen molar-refractivity contribution >= 4 is 16.0 Å². The third-order valence-electron chi connectivity index (χ3n) is 3.46. The lowest BCUT2D eigenvalue weighted by molar-refractivity contribution is -0.140. The van der Waals surface area contributed by atoms with Crippen molar-refractivity contribution in [3.63, 3.8) is 0 Å². The van der Waals surface area contributed by atoms with E-state index in [4.69, 9.17) is 0 Å². The predicted octanol–water partition coefficient (Wildman–Crippen LogP) is 2.25. The van der Waals surface area contributed by atoms with Crippen molar-refractivity contribution in [2.45, 2.75) is 31.6 Å². The van der Waals surface area contributed by atoms with Gasteiger partial charge in [-0.25, -0.2) is 17.4 Å². The molecule has 0 amide bonds. The molecule has 0 saturated carbocycles. The van der Waals surface area contributed by atoms with Crippen molar-refractivity contribution in [3.8, 4) is 0 Å². The average Bonchev–Trinajstić information content (AvgIpc) is 2.88. The van der Waals surface area contributed by atoms with Gasteiger partial charge in [0.1, 0.15) is 12.2 Å². The summed E-state index contributed by atoms with van der Waals surface area (Å²) in [5, 5.41) is 9.38. The van der Waals surface area contributed by atoms with E-state index in [1.165, 1.54) is 18.3 Å². The van der Waals surface area contributed by atoms with E-state index >= 15 is 0 Å². The molecule has 0 radical (unpaired) electrons. The van der Waals surface area contributed by atoms with Crippen LogP contribution in [-0.4, -0.2) is 28.5 Å². The van der Waals surface area contributed by atoms with Gasteiger partial charge in [0.2, 0.25) is 0 Å². The van der Waals surface area contributed by atoms with Crippen LogP contribution in [-0.2, 0) is 14.8 Å². The van der Waals surface area contributed by atoms with E-state index in [1.807, 2.05) is 6.92 Å². The molecule has 1 atom stereocenters. The second-order valence-electron chi connectivity index (χ2n) is 5.49. The van der Waals surface area contributed by atoms with E-state index in [0.29, 0.717) is 0 Å². The summed E-state index contributed by atoms with van der Waals surface area (Å²) in [6, 6.07) is 6.39. The van der Waals surface area contributed by atoms with Crippen LogP contribution in [0.3, 0.4) is 0 Å². The number of carboxylic acids is 1. The monoisotopic (exact) mass is 322 g/mol. The zero-order valence-corrected chi connectivity index (χ0v) is 13.4. The molecule has 118 valence electrons. The van der Waals surface area contributed by atoms with E-state index in [1.54, 1.807) is 26.0 Å². The van der Waals surface area contributed by atoms with Gasteiger partial charge in [-0.05, 0) is 25.0 Å². The van der Waals surface area contributed by atoms with Gasteiger partial charge in [-0.15, -0.1) is 0 Å². The first-order valence-corrected chi connectivity index (χ1v) is 8.26. The summed E-state index contributed by atoms with van der Waals surface area (Å²) in [5.74, 6) is -2.28. The number of aliphatic carboxylic acids is 1. The molecule has 1 aromatic heterocycles. The maximum Gasteiger partial charge on any atom is 0.312 e. The van der Waals surface area contributed by atoms with E-state index in [-0.39, 0.29) is 16.5 Å². The molecule has 0 aliphatic rings. The lowest BCUT2D eigenvalue weighted by atomic mass is 9.93. The normalized spacial score (nSPS) is 13.3. The molecule has 1 heterocycles. The van der Waals surface area contributed by atoms with Crippen molar-refractivity contribution in [1.29, 1.82) is 0 Å². The smallest absolute Gasteiger partial charge is 0.312 e. The van der Waals surface area contributed by atoms with E-state index < -0.39 is 21.9 Å². The molecule has 1 aromatic carbocycles. The fourth-order valence-corrected chi connectivity index (χ4v) is 3.61. The molecule has 1 unspecified atom stereocenters. The molecular formula is C15H18N2O4S. The summed E-state index contributed by atoms with van der Waals surface area (Å²) in [5.41, 5.74) is 1.10. The van der Waals surface area contributed by atoms with E-state index in [9.17, 15) is 18.3 Å². The van der Waals surface area contributed by atoms with Crippen LogP contribution < -0.4 is 0 Å². The van der Waals surface area contributed by atoms with Crippen molar-refractivity contribution in [2.75, 3.05) is 0 Å². The number of benzene rings is 1. The van der Waals surface area contributed by atoms with Crippen LogP contribution in [0.1, 0.15) is 31.0 Å². The minimum absolute atomic E-state index is 0.102. The summed E-state index contributed by atoms with van der Waals surface area (Å²) in [7, 11) is -3.86. The zero-order valence-electron chi connectivity index (χ0n) is 12.6. The molecule has 2 aromatic rings. The molecule has 6 nitrogen and oxygen atoms in total. The van der Waals surface area contributed by atoms with Gasteiger partial charge in [0, 0.05) is 0 Å². The van der Waals surface area contributed by atoms with Crippen molar-refractivity contribution in [2.24, 2.45) is 5.92 Å². The highest BCUT2D eigenvalue weighted by Crippen LogP contribution is 2.27. The Morgan fingerprint density at radius 3 is 2.32 bits per heavy atom. The Kier molecular flexibility index (Phi) is 4.37. The molecule has 2 rings (SSSR count). The lowest BCUT2D eigenvalue weighted by Gasteiger charge is -2.18. The highest BCUT2D eigenvalue weighted by Gasteiger charge is 2.31. The molecule has 0 saturated heterocycles. The summed E-state index contributed by atoms with van der Waals surface area (Å²) < 4.78 is 26.4. The van der Waals surface area contributed by atoms with Gasteiger partial charge in [0.15, 0.2) is 0 Å². The second kappa shape index (κ2) is 5.92. The highest BCUT2D eigenvalue weighted by molar-refractivity contribution is 7.90. The number of nitrogens with zero attached hydrogens (tertiary/aromatic N) is 2. The quantitative estimate of drug-likeness (QED) is 0.912. The largest absolute Gasteiger partial charge is 0.481 e. The van der Waals surface area contributed by atoms with E-state index in [0.717, 1.165) is 15.9 Å². The molecule has 0 aliphatic heterocycles. The molecule has 0 spiro atoms. The molecule has 22 heavy (non-hydrogen) atoms. The van der Waals surface area contributed by atoms with Gasteiger partial charge in [0.25, 0.3) is 10.0 Å². The first-order valence-electron chi connectivity index (χ1n) is 6.82. The first-order chi connectivity index (χ1) is 10.2. The Balaban J connectivity index is 2.57. The maximum absolute atomic E-state index is 12.7. The number of rotatable bonds is 5. The van der Waals surface area contributed by atoms with Gasteiger partial charge in [0.05, 0.1) is 16.8 Å². The van der Waals surface area contributed by atoms with Crippen LogP contribution >= 0.6 is 0 Å². The molecular weight excluding hydrogens is 304 g/mol. The standard InChI is InChI=1S/C15H18N2O4S/c1-10(2)14(15(18)19)13-8-16-9-17(13)22(20,21)12-6-4-11(3)5-7-12/h4-10,14H,1-3H3,(H,18,19). The highest BCUT2D eigenvalue weighted by atomic mass is 32.2. The van der Waals surface area contributed by atoms with Crippen molar-refractivity contribution < 1.29 is 18.3 Å². The van der Waals surface area contributed by atoms with Gasteiger partial charge >= 0.3 is 5.97 Å². The van der Waals surface area contributed by atoms with Gasteiger partial charge in [-0.3, -0.25) is 4.79 Å². The van der Waals surface area contributed by atoms with Gasteiger partial charge in [-0.1, -0.05) is 31.5 Å². The summed E-state index contributed by atoms with van der Waals surface area (Å²) in [6.45, 7) is 5.32. The molecule has 0 bridgehead atoms. The van der Waals surface area contributed by atoms with Crippen molar-refractivity contribution in [1.82, 2.24) is 8.96 Å². The maximum atomic E-state index is 12.7. The Hall–Kier alpha value is -2.15. The fraction of sp³-hybridized carbons (Fsp3) is 0.333. The Bertz CT molecular complexity index is 776. The lowest BCUT2D eigenvalue weighted by Crippen LogP contribution is -2.24. The van der Waals surface area contributed by atoms with Crippen LogP contribution in [0.25, 0.3) is 0 Å². The molecule has 7 heteroatoms. The van der Waals surface area contributed by atoms with Gasteiger partial charge < -0.3 is 5.11 Å². The third-order valence-corrected chi connectivity index (χ3v) is 5.15. The third kappa shape index (κ3) is 2.89. The minimum Gasteiger partial charge on any atom is -0.481 e. The topological polar surface area (TPSA) is 89.3 Å². The van der Waals surface area contributed by atoms with Gasteiger partial charge in [-0.2, -0.15) is 0 Å². The SMILES string of the molecule is Cc1ccc(S(=O)(=O)n2cncc2C(C(=O)O)C(C)C)cc1. The Morgan fingerprint density at radius 1 is 1.23 bits per heavy atom. The minimum atomic E-state index is -3.86. The van der Waals surface area contributed by atoms with Crippen LogP contribution in [0.15, 0.2) is 41.7 Å². The zero-order chi connectivity index (χ0) is 16.5. The summed E-state index contributed by atoms with van der Waals surface area (Å²) >= 11 is 0.